The van der Waals surface area contributed by atoms with Gasteiger partial charge in [0, 0.05) is 13.0 Å². The van der Waals surface area contributed by atoms with Crippen LogP contribution in [0.1, 0.15) is 13.3 Å². The molecule has 0 aromatic carbocycles. The maximum absolute atomic E-state index is 4.91. The zero-order valence-electron chi connectivity index (χ0n) is 4.40. The number of rotatable bonds is 1. The first-order valence-electron chi connectivity index (χ1n) is 2.40. The molecule has 0 spiro atoms. The molecule has 0 bridgehead atoms. The van der Waals surface area contributed by atoms with Gasteiger partial charge in [0.25, 0.3) is 0 Å². The van der Waals surface area contributed by atoms with Crippen LogP contribution in [0.4, 0.5) is 0 Å². The molecule has 3 heteroatoms. The first-order valence-corrected chi connectivity index (χ1v) is 2.40. The maximum Gasteiger partial charge on any atom is 0.138 e. The highest BCUT2D eigenvalue weighted by atomic mass is 16.6. The van der Waals surface area contributed by atoms with Gasteiger partial charge in [-0.1, -0.05) is 0 Å². The van der Waals surface area contributed by atoms with E-state index < -0.39 is 0 Å². The van der Waals surface area contributed by atoms with Crippen molar-refractivity contribution in [1.29, 1.82) is 0 Å². The second-order valence-corrected chi connectivity index (χ2v) is 2.03. The fraction of sp³-hybridized carbons (Fsp3) is 1.00. The lowest BCUT2D eigenvalue weighted by molar-refractivity contribution is -0.105. The summed E-state index contributed by atoms with van der Waals surface area (Å²) in [6, 6.07) is 0. The lowest BCUT2D eigenvalue weighted by Crippen LogP contribution is -2.57. The van der Waals surface area contributed by atoms with E-state index in [4.69, 9.17) is 5.90 Å². The Kier molecular flexibility index (Phi) is 1.03. The van der Waals surface area contributed by atoms with Crippen molar-refractivity contribution < 1.29 is 4.84 Å². The van der Waals surface area contributed by atoms with Gasteiger partial charge in [0.15, 0.2) is 0 Å². The van der Waals surface area contributed by atoms with E-state index in [1.807, 2.05) is 6.92 Å². The second kappa shape index (κ2) is 1.43. The molecule has 0 amide bonds. The van der Waals surface area contributed by atoms with E-state index >= 15 is 0 Å². The van der Waals surface area contributed by atoms with E-state index in [0.717, 1.165) is 13.0 Å². The Morgan fingerprint density at radius 2 is 2.43 bits per heavy atom. The highest BCUT2D eigenvalue weighted by molar-refractivity contribution is 4.81. The molecule has 3 N–H and O–H groups in total. The minimum atomic E-state index is -0.208. The fourth-order valence-electron chi connectivity index (χ4n) is 0.578. The summed E-state index contributed by atoms with van der Waals surface area (Å²) in [6.45, 7) is 2.95. The van der Waals surface area contributed by atoms with E-state index in [1.54, 1.807) is 0 Å². The third-order valence-corrected chi connectivity index (χ3v) is 1.36. The van der Waals surface area contributed by atoms with Gasteiger partial charge in [0.1, 0.15) is 5.72 Å². The van der Waals surface area contributed by atoms with Gasteiger partial charge in [-0.3, -0.25) is 10.2 Å². The Morgan fingerprint density at radius 3 is 2.43 bits per heavy atom. The van der Waals surface area contributed by atoms with E-state index in [9.17, 15) is 0 Å². The van der Waals surface area contributed by atoms with Crippen molar-refractivity contribution in [3.8, 4) is 0 Å². The number of hydrogen-bond acceptors (Lipinski definition) is 3. The lowest BCUT2D eigenvalue weighted by atomic mass is 10.1. The van der Waals surface area contributed by atoms with Crippen LogP contribution in [-0.4, -0.2) is 12.3 Å². The van der Waals surface area contributed by atoms with Gasteiger partial charge in [0.05, 0.1) is 0 Å². The Bertz CT molecular complexity index is 64.6. The normalized spacial score (nSPS) is 40.3. The van der Waals surface area contributed by atoms with Gasteiger partial charge in [0.2, 0.25) is 0 Å². The van der Waals surface area contributed by atoms with Gasteiger partial charge in [-0.25, -0.2) is 5.90 Å². The van der Waals surface area contributed by atoms with Crippen LogP contribution in [0.3, 0.4) is 0 Å². The lowest BCUT2D eigenvalue weighted by Gasteiger charge is -2.36. The quantitative estimate of drug-likeness (QED) is 0.442. The first-order chi connectivity index (χ1) is 3.27. The molecule has 1 unspecified atom stereocenters. The number of nitrogens with one attached hydrogen (secondary N) is 1. The third-order valence-electron chi connectivity index (χ3n) is 1.36. The van der Waals surface area contributed by atoms with Gasteiger partial charge >= 0.3 is 0 Å². The molecule has 7 heavy (non-hydrogen) atoms. The van der Waals surface area contributed by atoms with Crippen molar-refractivity contribution >= 4 is 0 Å². The topological polar surface area (TPSA) is 47.3 Å². The summed E-state index contributed by atoms with van der Waals surface area (Å²) in [7, 11) is 0. The van der Waals surface area contributed by atoms with E-state index in [1.165, 1.54) is 0 Å². The molecule has 1 rings (SSSR count). The van der Waals surface area contributed by atoms with Gasteiger partial charge < -0.3 is 0 Å². The average molecular weight is 102 g/mol. The molecule has 0 radical (unpaired) electrons. The van der Waals surface area contributed by atoms with Crippen LogP contribution in [0, 0.1) is 0 Å². The summed E-state index contributed by atoms with van der Waals surface area (Å²) in [5.74, 6) is 4.91. The molecule has 1 atom stereocenters. The second-order valence-electron chi connectivity index (χ2n) is 2.03. The van der Waals surface area contributed by atoms with Crippen molar-refractivity contribution in [3.63, 3.8) is 0 Å². The van der Waals surface area contributed by atoms with Crippen LogP contribution >= 0.6 is 0 Å². The van der Waals surface area contributed by atoms with Crippen LogP contribution in [0.2, 0.25) is 0 Å². The Morgan fingerprint density at radius 1 is 1.86 bits per heavy atom. The molecule has 42 valence electrons. The molecule has 1 fully saturated rings. The van der Waals surface area contributed by atoms with E-state index in [2.05, 4.69) is 10.2 Å². The van der Waals surface area contributed by atoms with E-state index in [0.29, 0.717) is 0 Å². The van der Waals surface area contributed by atoms with Crippen molar-refractivity contribution in [2.75, 3.05) is 6.54 Å². The summed E-state index contributed by atoms with van der Waals surface area (Å²) in [5.41, 5.74) is -0.208. The van der Waals surface area contributed by atoms with Crippen LogP contribution < -0.4 is 11.2 Å². The molecule has 1 aliphatic heterocycles. The molecule has 3 nitrogen and oxygen atoms in total. The van der Waals surface area contributed by atoms with Gasteiger partial charge in [-0.05, 0) is 6.92 Å². The molecule has 0 saturated carbocycles. The highest BCUT2D eigenvalue weighted by Gasteiger charge is 2.31. The molecular weight excluding hydrogens is 92.1 g/mol. The minimum Gasteiger partial charge on any atom is -0.288 e. The summed E-state index contributed by atoms with van der Waals surface area (Å²) in [6.07, 6.45) is 1.02. The smallest absolute Gasteiger partial charge is 0.138 e. The molecule has 1 saturated heterocycles. The number of hydrogen-bond donors (Lipinski definition) is 2. The predicted octanol–water partition coefficient (Wildman–Crippen LogP) is -0.414. The molecule has 0 aliphatic carbocycles. The van der Waals surface area contributed by atoms with Crippen molar-refractivity contribution in [2.24, 2.45) is 5.90 Å². The summed E-state index contributed by atoms with van der Waals surface area (Å²) < 4.78 is 0. The Labute approximate surface area is 42.8 Å². The van der Waals surface area contributed by atoms with Gasteiger partial charge in [-0.2, -0.15) is 0 Å². The Hall–Kier alpha value is -0.120. The molecule has 0 aromatic rings. The monoisotopic (exact) mass is 102 g/mol. The predicted molar refractivity (Wildman–Crippen MR) is 26.3 cm³/mol. The van der Waals surface area contributed by atoms with Gasteiger partial charge in [-0.15, -0.1) is 0 Å². The van der Waals surface area contributed by atoms with E-state index in [-0.39, 0.29) is 5.72 Å². The minimum absolute atomic E-state index is 0.208. The van der Waals surface area contributed by atoms with Crippen LogP contribution in [0.15, 0.2) is 0 Å². The molecular formula is C4H10N2O. The van der Waals surface area contributed by atoms with Crippen molar-refractivity contribution in [1.82, 2.24) is 5.32 Å². The summed E-state index contributed by atoms with van der Waals surface area (Å²) in [4.78, 5) is 4.56. The zero-order chi connectivity index (χ0) is 5.33. The maximum atomic E-state index is 4.91. The number of nitrogens with two attached hydrogens (primary N) is 1. The molecule has 1 heterocycles. The largest absolute Gasteiger partial charge is 0.288 e. The van der Waals surface area contributed by atoms with Crippen LogP contribution in [0.25, 0.3) is 0 Å². The summed E-state index contributed by atoms with van der Waals surface area (Å²) in [5, 5.41) is 3.02. The highest BCUT2D eigenvalue weighted by Crippen LogP contribution is 2.15. The van der Waals surface area contributed by atoms with Crippen LogP contribution in [0.5, 0.6) is 0 Å². The first kappa shape index (κ1) is 5.03. The standard InChI is InChI=1S/C4H10N2O/c1-4(7-5)2-3-6-4/h6H,2-3,5H2,1H3. The Balaban J connectivity index is 2.29. The molecule has 0 aromatic heterocycles. The van der Waals surface area contributed by atoms with Crippen molar-refractivity contribution in [3.05, 3.63) is 0 Å². The fourth-order valence-corrected chi connectivity index (χ4v) is 0.578. The summed E-state index contributed by atoms with van der Waals surface area (Å²) >= 11 is 0. The van der Waals surface area contributed by atoms with Crippen molar-refractivity contribution in [2.45, 2.75) is 19.1 Å². The molecule has 1 aliphatic rings. The SMILES string of the molecule is CC1(ON)CCN1. The van der Waals surface area contributed by atoms with Crippen LogP contribution in [-0.2, 0) is 4.84 Å². The third kappa shape index (κ3) is 0.748. The zero-order valence-corrected chi connectivity index (χ0v) is 4.40. The average Bonchev–Trinajstić information content (AvgIpc) is 1.61.